The molecule has 0 unspecified atom stereocenters. The maximum Gasteiger partial charge on any atom is 0.101 e. The van der Waals surface area contributed by atoms with E-state index >= 15 is 0 Å². The lowest BCUT2D eigenvalue weighted by Crippen LogP contribution is -2.33. The molecule has 0 saturated heterocycles. The topological polar surface area (TPSA) is 45.0 Å². The third-order valence-corrected chi connectivity index (χ3v) is 2.83. The molecule has 0 radical (unpaired) electrons. The van der Waals surface area contributed by atoms with Crippen LogP contribution in [0.25, 0.3) is 0 Å². The Morgan fingerprint density at radius 2 is 2.18 bits per heavy atom. The molecular formula is C13H17BrN2O. The molecule has 1 aromatic carbocycles. The van der Waals surface area contributed by atoms with Gasteiger partial charge in [-0.3, -0.25) is 0 Å². The van der Waals surface area contributed by atoms with E-state index in [4.69, 9.17) is 10.00 Å². The van der Waals surface area contributed by atoms with E-state index in [9.17, 15) is 0 Å². The lowest BCUT2D eigenvalue weighted by Gasteiger charge is -2.25. The van der Waals surface area contributed by atoms with Gasteiger partial charge in [-0.2, -0.15) is 5.26 Å². The molecular weight excluding hydrogens is 280 g/mol. The van der Waals surface area contributed by atoms with Gasteiger partial charge in [-0.1, -0.05) is 15.9 Å². The van der Waals surface area contributed by atoms with Crippen molar-refractivity contribution < 1.29 is 4.74 Å². The fourth-order valence-corrected chi connectivity index (χ4v) is 1.87. The van der Waals surface area contributed by atoms with E-state index in [0.717, 1.165) is 10.2 Å². The average molecular weight is 297 g/mol. The Balaban J connectivity index is 2.73. The molecule has 0 aromatic heterocycles. The van der Waals surface area contributed by atoms with E-state index in [-0.39, 0.29) is 5.60 Å². The molecule has 0 heterocycles. The number of anilines is 1. The summed E-state index contributed by atoms with van der Waals surface area (Å²) in [5, 5.41) is 12.3. The molecule has 17 heavy (non-hydrogen) atoms. The standard InChI is InChI=1S/C13H17BrN2O/c1-4-17-13(2,3)9-16-12-6-5-11(14)7-10(12)8-15/h5-7,16H,4,9H2,1-3H3. The number of nitrogens with one attached hydrogen (secondary N) is 1. The maximum atomic E-state index is 9.03. The number of benzene rings is 1. The summed E-state index contributed by atoms with van der Waals surface area (Å²) >= 11 is 3.35. The van der Waals surface area contributed by atoms with Crippen molar-refractivity contribution >= 4 is 21.6 Å². The molecule has 0 bridgehead atoms. The molecule has 0 spiro atoms. The minimum atomic E-state index is -0.242. The van der Waals surface area contributed by atoms with E-state index in [1.54, 1.807) is 6.07 Å². The first-order valence-corrected chi connectivity index (χ1v) is 6.35. The number of rotatable bonds is 5. The Kier molecular flexibility index (Phi) is 4.98. The van der Waals surface area contributed by atoms with Crippen LogP contribution in [0.1, 0.15) is 26.3 Å². The summed E-state index contributed by atoms with van der Waals surface area (Å²) in [4.78, 5) is 0. The lowest BCUT2D eigenvalue weighted by molar-refractivity contribution is 0.000696. The zero-order valence-corrected chi connectivity index (χ0v) is 12.0. The largest absolute Gasteiger partial charge is 0.381 e. The van der Waals surface area contributed by atoms with Crippen LogP contribution in [0.2, 0.25) is 0 Å². The number of ether oxygens (including phenoxy) is 1. The predicted octanol–water partition coefficient (Wildman–Crippen LogP) is 3.55. The smallest absolute Gasteiger partial charge is 0.101 e. The van der Waals surface area contributed by atoms with Gasteiger partial charge in [0.25, 0.3) is 0 Å². The van der Waals surface area contributed by atoms with Crippen LogP contribution in [0, 0.1) is 11.3 Å². The second-order valence-electron chi connectivity index (χ2n) is 4.35. The first-order chi connectivity index (χ1) is 7.98. The van der Waals surface area contributed by atoms with Gasteiger partial charge < -0.3 is 10.1 Å². The van der Waals surface area contributed by atoms with Crippen molar-refractivity contribution in [3.63, 3.8) is 0 Å². The molecule has 0 aliphatic heterocycles. The molecule has 0 aliphatic rings. The van der Waals surface area contributed by atoms with Crippen LogP contribution in [-0.4, -0.2) is 18.8 Å². The average Bonchev–Trinajstić information content (AvgIpc) is 2.27. The van der Waals surface area contributed by atoms with Crippen LogP contribution in [0.15, 0.2) is 22.7 Å². The molecule has 92 valence electrons. The first kappa shape index (κ1) is 14.0. The number of nitrogens with zero attached hydrogens (tertiary/aromatic N) is 1. The highest BCUT2D eigenvalue weighted by molar-refractivity contribution is 9.10. The number of nitriles is 1. The third-order valence-electron chi connectivity index (χ3n) is 2.34. The van der Waals surface area contributed by atoms with Gasteiger partial charge in [-0.25, -0.2) is 0 Å². The Hall–Kier alpha value is -1.05. The molecule has 1 N–H and O–H groups in total. The molecule has 1 aromatic rings. The third kappa shape index (κ3) is 4.37. The highest BCUT2D eigenvalue weighted by Crippen LogP contribution is 2.21. The van der Waals surface area contributed by atoms with Crippen LogP contribution < -0.4 is 5.32 Å². The van der Waals surface area contributed by atoms with Crippen molar-refractivity contribution in [2.24, 2.45) is 0 Å². The van der Waals surface area contributed by atoms with Crippen molar-refractivity contribution in [1.29, 1.82) is 5.26 Å². The van der Waals surface area contributed by atoms with E-state index < -0.39 is 0 Å². The highest BCUT2D eigenvalue weighted by Gasteiger charge is 2.17. The second kappa shape index (κ2) is 6.04. The van der Waals surface area contributed by atoms with Crippen molar-refractivity contribution in [3.05, 3.63) is 28.2 Å². The van der Waals surface area contributed by atoms with Crippen molar-refractivity contribution in [3.8, 4) is 6.07 Å². The Morgan fingerprint density at radius 1 is 1.47 bits per heavy atom. The zero-order chi connectivity index (χ0) is 12.9. The highest BCUT2D eigenvalue weighted by atomic mass is 79.9. The Bertz CT molecular complexity index is 424. The summed E-state index contributed by atoms with van der Waals surface area (Å²) in [6.45, 7) is 7.36. The summed E-state index contributed by atoms with van der Waals surface area (Å²) in [5.41, 5.74) is 1.23. The number of halogens is 1. The molecule has 4 heteroatoms. The van der Waals surface area contributed by atoms with Gasteiger partial charge in [0.15, 0.2) is 0 Å². The van der Waals surface area contributed by atoms with Gasteiger partial charge in [-0.05, 0) is 39.0 Å². The normalized spacial score (nSPS) is 11.0. The Labute approximate surface area is 111 Å². The van der Waals surface area contributed by atoms with E-state index in [0.29, 0.717) is 18.7 Å². The molecule has 1 rings (SSSR count). The van der Waals surface area contributed by atoms with Gasteiger partial charge in [0.1, 0.15) is 6.07 Å². The maximum absolute atomic E-state index is 9.03. The van der Waals surface area contributed by atoms with Gasteiger partial charge in [0.2, 0.25) is 0 Å². The Morgan fingerprint density at radius 3 is 2.76 bits per heavy atom. The van der Waals surface area contributed by atoms with Crippen LogP contribution >= 0.6 is 15.9 Å². The number of hydrogen-bond acceptors (Lipinski definition) is 3. The van der Waals surface area contributed by atoms with Gasteiger partial charge >= 0.3 is 0 Å². The molecule has 0 aliphatic carbocycles. The fourth-order valence-electron chi connectivity index (χ4n) is 1.51. The first-order valence-electron chi connectivity index (χ1n) is 5.56. The molecule has 0 fully saturated rings. The molecule has 3 nitrogen and oxygen atoms in total. The van der Waals surface area contributed by atoms with Crippen molar-refractivity contribution in [1.82, 2.24) is 0 Å². The van der Waals surface area contributed by atoms with Gasteiger partial charge in [-0.15, -0.1) is 0 Å². The minimum Gasteiger partial charge on any atom is -0.381 e. The monoisotopic (exact) mass is 296 g/mol. The zero-order valence-electron chi connectivity index (χ0n) is 10.4. The SMILES string of the molecule is CCOC(C)(C)CNc1ccc(Br)cc1C#N. The van der Waals surface area contributed by atoms with Crippen LogP contribution in [0.5, 0.6) is 0 Å². The van der Waals surface area contributed by atoms with Crippen LogP contribution in [-0.2, 0) is 4.74 Å². The van der Waals surface area contributed by atoms with Crippen LogP contribution in [0.3, 0.4) is 0 Å². The molecule has 0 saturated carbocycles. The van der Waals surface area contributed by atoms with E-state index in [1.807, 2.05) is 32.9 Å². The second-order valence-corrected chi connectivity index (χ2v) is 5.26. The molecule has 0 amide bonds. The van der Waals surface area contributed by atoms with Crippen LogP contribution in [0.4, 0.5) is 5.69 Å². The van der Waals surface area contributed by atoms with Crippen molar-refractivity contribution in [2.75, 3.05) is 18.5 Å². The lowest BCUT2D eigenvalue weighted by atomic mass is 10.1. The summed E-state index contributed by atoms with van der Waals surface area (Å²) in [7, 11) is 0. The van der Waals surface area contributed by atoms with Crippen molar-refractivity contribution in [2.45, 2.75) is 26.4 Å². The summed E-state index contributed by atoms with van der Waals surface area (Å²) in [6, 6.07) is 7.78. The minimum absolute atomic E-state index is 0.242. The van der Waals surface area contributed by atoms with Gasteiger partial charge in [0.05, 0.1) is 16.9 Å². The summed E-state index contributed by atoms with van der Waals surface area (Å²) in [5.74, 6) is 0. The summed E-state index contributed by atoms with van der Waals surface area (Å²) < 4.78 is 6.50. The quantitative estimate of drug-likeness (QED) is 0.904. The summed E-state index contributed by atoms with van der Waals surface area (Å²) in [6.07, 6.45) is 0. The number of hydrogen-bond donors (Lipinski definition) is 1. The van der Waals surface area contributed by atoms with E-state index in [1.165, 1.54) is 0 Å². The van der Waals surface area contributed by atoms with Gasteiger partial charge in [0, 0.05) is 17.6 Å². The van der Waals surface area contributed by atoms with E-state index in [2.05, 4.69) is 27.3 Å². The fraction of sp³-hybridized carbons (Fsp3) is 0.462. The predicted molar refractivity (Wildman–Crippen MR) is 73.1 cm³/mol. The molecule has 0 atom stereocenters.